The maximum absolute atomic E-state index is 13.0. The van der Waals surface area contributed by atoms with Crippen molar-refractivity contribution in [2.24, 2.45) is 0 Å². The Kier molecular flexibility index (Phi) is 8.60. The molecular formula is C29H41NO2Si. The minimum atomic E-state index is -1.42. The van der Waals surface area contributed by atoms with Crippen LogP contribution in [0, 0.1) is 11.5 Å². The predicted molar refractivity (Wildman–Crippen MR) is 142 cm³/mol. The Morgan fingerprint density at radius 3 is 2.12 bits per heavy atom. The molecule has 1 amide bonds. The standard InChI is InChI=1S/C29H41NO2Si/c1-28(2,3)26-15-13-25(14-16-26)22-30(27(31)32-29(4,5)6)19-17-23-11-10-12-24(21-23)18-20-33(7,8)9/h10-16,21H,17,19,22H2,1-9H3. The summed E-state index contributed by atoms with van der Waals surface area (Å²) < 4.78 is 5.71. The van der Waals surface area contributed by atoms with Crippen molar-refractivity contribution in [2.75, 3.05) is 6.54 Å². The molecule has 0 aliphatic carbocycles. The lowest BCUT2D eigenvalue weighted by Gasteiger charge is -2.28. The van der Waals surface area contributed by atoms with Crippen LogP contribution in [-0.2, 0) is 23.1 Å². The summed E-state index contributed by atoms with van der Waals surface area (Å²) in [4.78, 5) is 14.8. The Morgan fingerprint density at radius 1 is 0.939 bits per heavy atom. The molecule has 0 radical (unpaired) electrons. The number of amides is 1. The van der Waals surface area contributed by atoms with E-state index in [0.29, 0.717) is 13.1 Å². The van der Waals surface area contributed by atoms with Crippen molar-refractivity contribution in [2.45, 2.75) is 85.2 Å². The van der Waals surface area contributed by atoms with Crippen LogP contribution >= 0.6 is 0 Å². The van der Waals surface area contributed by atoms with Gasteiger partial charge in [-0.1, -0.05) is 82.7 Å². The molecule has 178 valence electrons. The van der Waals surface area contributed by atoms with Gasteiger partial charge in [0.2, 0.25) is 0 Å². The summed E-state index contributed by atoms with van der Waals surface area (Å²) in [6.07, 6.45) is 0.471. The first-order valence-electron chi connectivity index (χ1n) is 11.8. The maximum Gasteiger partial charge on any atom is 0.410 e. The summed E-state index contributed by atoms with van der Waals surface area (Å²) in [6, 6.07) is 16.9. The summed E-state index contributed by atoms with van der Waals surface area (Å²) >= 11 is 0. The largest absolute Gasteiger partial charge is 0.444 e. The number of hydrogen-bond acceptors (Lipinski definition) is 2. The average molecular weight is 464 g/mol. The highest BCUT2D eigenvalue weighted by Crippen LogP contribution is 2.23. The fraction of sp³-hybridized carbons (Fsp3) is 0.483. The van der Waals surface area contributed by atoms with E-state index in [1.54, 1.807) is 4.90 Å². The minimum Gasteiger partial charge on any atom is -0.444 e. The van der Waals surface area contributed by atoms with Crippen molar-refractivity contribution in [3.8, 4) is 11.5 Å². The van der Waals surface area contributed by atoms with Crippen LogP contribution in [0.5, 0.6) is 0 Å². The van der Waals surface area contributed by atoms with Crippen molar-refractivity contribution in [1.29, 1.82) is 0 Å². The van der Waals surface area contributed by atoms with Gasteiger partial charge in [-0.05, 0) is 61.4 Å². The van der Waals surface area contributed by atoms with Crippen molar-refractivity contribution in [1.82, 2.24) is 4.90 Å². The Balaban J connectivity index is 2.18. The molecule has 0 heterocycles. The first kappa shape index (κ1) is 26.7. The molecule has 2 aromatic carbocycles. The third-order valence-electron chi connectivity index (χ3n) is 5.02. The summed E-state index contributed by atoms with van der Waals surface area (Å²) in [6.45, 7) is 20.2. The quantitative estimate of drug-likeness (QED) is 0.347. The number of carbonyl (C=O) groups excluding carboxylic acids is 1. The maximum atomic E-state index is 13.0. The zero-order chi connectivity index (χ0) is 24.9. The molecule has 4 heteroatoms. The number of carbonyl (C=O) groups is 1. The fourth-order valence-corrected chi connectivity index (χ4v) is 3.74. The number of rotatable bonds is 5. The second-order valence-electron chi connectivity index (χ2n) is 11.8. The summed E-state index contributed by atoms with van der Waals surface area (Å²) in [5, 5.41) is 0. The van der Waals surface area contributed by atoms with Gasteiger partial charge >= 0.3 is 6.09 Å². The smallest absolute Gasteiger partial charge is 0.410 e. The van der Waals surface area contributed by atoms with E-state index in [1.165, 1.54) is 11.1 Å². The first-order valence-corrected chi connectivity index (χ1v) is 15.3. The van der Waals surface area contributed by atoms with Crippen LogP contribution in [-0.4, -0.2) is 31.2 Å². The fourth-order valence-electron chi connectivity index (χ4n) is 3.22. The van der Waals surface area contributed by atoms with Gasteiger partial charge in [-0.3, -0.25) is 0 Å². The molecule has 0 saturated carbocycles. The third-order valence-corrected chi connectivity index (χ3v) is 5.90. The van der Waals surface area contributed by atoms with Crippen LogP contribution in [0.1, 0.15) is 63.8 Å². The van der Waals surface area contributed by atoms with Crippen molar-refractivity contribution < 1.29 is 9.53 Å². The molecule has 0 aliphatic rings. The van der Waals surface area contributed by atoms with E-state index in [4.69, 9.17) is 4.74 Å². The number of hydrogen-bond donors (Lipinski definition) is 0. The highest BCUT2D eigenvalue weighted by Gasteiger charge is 2.22. The molecule has 0 spiro atoms. The van der Waals surface area contributed by atoms with Gasteiger partial charge in [0.15, 0.2) is 0 Å². The highest BCUT2D eigenvalue weighted by molar-refractivity contribution is 6.83. The van der Waals surface area contributed by atoms with Gasteiger partial charge in [0.25, 0.3) is 0 Å². The van der Waals surface area contributed by atoms with Gasteiger partial charge in [0.05, 0.1) is 0 Å². The molecule has 0 saturated heterocycles. The van der Waals surface area contributed by atoms with Crippen LogP contribution in [0.4, 0.5) is 4.79 Å². The monoisotopic (exact) mass is 463 g/mol. The van der Waals surface area contributed by atoms with Gasteiger partial charge in [-0.2, -0.15) is 0 Å². The second kappa shape index (κ2) is 10.6. The van der Waals surface area contributed by atoms with Gasteiger partial charge in [-0.15, -0.1) is 5.54 Å². The Hall–Kier alpha value is -2.51. The van der Waals surface area contributed by atoms with Crippen LogP contribution in [0.25, 0.3) is 0 Å². The predicted octanol–water partition coefficient (Wildman–Crippen LogP) is 7.19. The first-order chi connectivity index (χ1) is 15.1. The minimum absolute atomic E-state index is 0.104. The van der Waals surface area contributed by atoms with E-state index < -0.39 is 13.7 Å². The summed E-state index contributed by atoms with van der Waals surface area (Å²) in [5.74, 6) is 3.33. The van der Waals surface area contributed by atoms with E-state index in [9.17, 15) is 4.79 Å². The SMILES string of the molecule is CC(C)(C)OC(=O)N(CCc1cccc(C#C[Si](C)(C)C)c1)Cc1ccc(C(C)(C)C)cc1. The molecule has 0 unspecified atom stereocenters. The van der Waals surface area contributed by atoms with E-state index in [-0.39, 0.29) is 11.5 Å². The van der Waals surface area contributed by atoms with Gasteiger partial charge in [0, 0.05) is 18.7 Å². The van der Waals surface area contributed by atoms with E-state index in [1.807, 2.05) is 26.8 Å². The molecule has 0 aromatic heterocycles. The Bertz CT molecular complexity index is 993. The van der Waals surface area contributed by atoms with Crippen molar-refractivity contribution >= 4 is 14.2 Å². The van der Waals surface area contributed by atoms with E-state index in [2.05, 4.69) is 94.3 Å². The molecule has 0 atom stereocenters. The van der Waals surface area contributed by atoms with E-state index >= 15 is 0 Å². The molecule has 0 bridgehead atoms. The highest BCUT2D eigenvalue weighted by atomic mass is 28.3. The lowest BCUT2D eigenvalue weighted by molar-refractivity contribution is 0.0236. The number of nitrogens with zero attached hydrogens (tertiary/aromatic N) is 1. The van der Waals surface area contributed by atoms with Crippen LogP contribution in [0.3, 0.4) is 0 Å². The number of ether oxygens (including phenoxy) is 1. The lowest BCUT2D eigenvalue weighted by atomic mass is 9.87. The zero-order valence-electron chi connectivity index (χ0n) is 22.0. The molecule has 2 rings (SSSR count). The Labute approximate surface area is 202 Å². The normalized spacial score (nSPS) is 12.0. The van der Waals surface area contributed by atoms with Gasteiger partial charge in [0.1, 0.15) is 13.7 Å². The molecule has 3 nitrogen and oxygen atoms in total. The van der Waals surface area contributed by atoms with Gasteiger partial charge < -0.3 is 9.64 Å². The lowest BCUT2D eigenvalue weighted by Crippen LogP contribution is -2.37. The van der Waals surface area contributed by atoms with Crippen LogP contribution < -0.4 is 0 Å². The zero-order valence-corrected chi connectivity index (χ0v) is 23.0. The second-order valence-corrected chi connectivity index (χ2v) is 16.5. The molecule has 2 aromatic rings. The van der Waals surface area contributed by atoms with Crippen molar-refractivity contribution in [3.05, 3.63) is 70.8 Å². The topological polar surface area (TPSA) is 29.5 Å². The molecule has 0 aliphatic heterocycles. The van der Waals surface area contributed by atoms with E-state index in [0.717, 1.165) is 17.5 Å². The molecule has 0 N–H and O–H groups in total. The van der Waals surface area contributed by atoms with Gasteiger partial charge in [-0.25, -0.2) is 4.79 Å². The third kappa shape index (κ3) is 9.88. The molecule has 33 heavy (non-hydrogen) atoms. The summed E-state index contributed by atoms with van der Waals surface area (Å²) in [5.41, 5.74) is 7.60. The van der Waals surface area contributed by atoms with Crippen LogP contribution in [0.15, 0.2) is 48.5 Å². The molecule has 0 fully saturated rings. The number of benzene rings is 2. The van der Waals surface area contributed by atoms with Crippen molar-refractivity contribution in [3.63, 3.8) is 0 Å². The van der Waals surface area contributed by atoms with Crippen LogP contribution in [0.2, 0.25) is 19.6 Å². The summed E-state index contributed by atoms with van der Waals surface area (Å²) in [7, 11) is -1.42. The Morgan fingerprint density at radius 2 is 1.58 bits per heavy atom. The molecular weight excluding hydrogens is 422 g/mol. The average Bonchev–Trinajstić information content (AvgIpc) is 2.67.